The number of anilines is 1. The Hall–Kier alpha value is -2.71. The highest BCUT2D eigenvalue weighted by atomic mass is 79.9. The summed E-state index contributed by atoms with van der Waals surface area (Å²) in [5.41, 5.74) is 1.53. The number of carbonyl (C=O) groups is 1. The summed E-state index contributed by atoms with van der Waals surface area (Å²) in [5.74, 6) is 0.670. The lowest BCUT2D eigenvalue weighted by molar-refractivity contribution is 0.0957. The highest BCUT2D eigenvalue weighted by Gasteiger charge is 2.24. The van der Waals surface area contributed by atoms with Crippen LogP contribution in [0.3, 0.4) is 0 Å². The third kappa shape index (κ3) is 3.72. The van der Waals surface area contributed by atoms with Gasteiger partial charge in [0.1, 0.15) is 5.75 Å². The third-order valence-electron chi connectivity index (χ3n) is 3.89. The second-order valence-electron chi connectivity index (χ2n) is 5.65. The van der Waals surface area contributed by atoms with E-state index in [4.69, 9.17) is 9.15 Å². The van der Waals surface area contributed by atoms with Crippen molar-refractivity contribution in [1.82, 2.24) is 9.97 Å². The number of methoxy groups -OCH3 is 1. The van der Waals surface area contributed by atoms with E-state index in [1.165, 1.54) is 11.3 Å². The highest BCUT2D eigenvalue weighted by molar-refractivity contribution is 9.10. The number of ether oxygens (including phenoxy) is 1. The van der Waals surface area contributed by atoms with Gasteiger partial charge in [0.05, 0.1) is 29.6 Å². The minimum atomic E-state index is -0.280. The average molecular weight is 444 g/mol. The maximum absolute atomic E-state index is 13.1. The van der Waals surface area contributed by atoms with Crippen molar-refractivity contribution >= 4 is 48.5 Å². The van der Waals surface area contributed by atoms with Crippen LogP contribution in [0.5, 0.6) is 5.75 Å². The first-order chi connectivity index (χ1) is 13.1. The molecule has 27 heavy (non-hydrogen) atoms. The summed E-state index contributed by atoms with van der Waals surface area (Å²) >= 11 is 4.67. The van der Waals surface area contributed by atoms with E-state index in [-0.39, 0.29) is 18.2 Å². The van der Waals surface area contributed by atoms with Gasteiger partial charge in [0, 0.05) is 12.3 Å². The van der Waals surface area contributed by atoms with Crippen LogP contribution in [0.25, 0.3) is 10.2 Å². The lowest BCUT2D eigenvalue weighted by atomic mass is 10.3. The first-order valence-corrected chi connectivity index (χ1v) is 9.66. The zero-order valence-corrected chi connectivity index (χ0v) is 16.7. The Morgan fingerprint density at radius 2 is 2.15 bits per heavy atom. The van der Waals surface area contributed by atoms with Crippen LogP contribution < -0.4 is 9.64 Å². The van der Waals surface area contributed by atoms with Gasteiger partial charge < -0.3 is 9.15 Å². The van der Waals surface area contributed by atoms with Gasteiger partial charge in [-0.15, -0.1) is 0 Å². The molecular weight excluding hydrogens is 430 g/mol. The summed E-state index contributed by atoms with van der Waals surface area (Å²) in [6.45, 7) is 0.287. The molecule has 1 aromatic carbocycles. The molecule has 0 spiro atoms. The fourth-order valence-corrected chi connectivity index (χ4v) is 3.83. The number of hydrogen-bond acceptors (Lipinski definition) is 6. The van der Waals surface area contributed by atoms with Crippen LogP contribution >= 0.6 is 27.3 Å². The van der Waals surface area contributed by atoms with Gasteiger partial charge in [-0.1, -0.05) is 17.4 Å². The van der Waals surface area contributed by atoms with Gasteiger partial charge >= 0.3 is 0 Å². The summed E-state index contributed by atoms with van der Waals surface area (Å²) in [4.78, 5) is 23.6. The quantitative estimate of drug-likeness (QED) is 0.438. The lowest BCUT2D eigenvalue weighted by Crippen LogP contribution is -2.30. The van der Waals surface area contributed by atoms with Crippen LogP contribution in [0.15, 0.2) is 63.8 Å². The molecule has 0 aliphatic carbocycles. The predicted molar refractivity (Wildman–Crippen MR) is 107 cm³/mol. The second kappa shape index (κ2) is 7.50. The molecular formula is C19H14BrN3O3S. The number of amides is 1. The number of pyridine rings is 1. The predicted octanol–water partition coefficient (Wildman–Crippen LogP) is 4.90. The fraction of sp³-hybridized carbons (Fsp3) is 0.105. The standard InChI is InChI=1S/C19H14BrN3O3S/c1-25-13-5-7-16-14(10-13)22-19(27-16)23(11-12-4-2-3-9-21-12)18(24)15-6-8-17(20)26-15/h2-10H,11H2,1H3. The van der Waals surface area contributed by atoms with Crippen molar-refractivity contribution < 1.29 is 13.9 Å². The normalized spacial score (nSPS) is 10.9. The molecule has 6 nitrogen and oxygen atoms in total. The van der Waals surface area contributed by atoms with Gasteiger partial charge in [0.2, 0.25) is 0 Å². The van der Waals surface area contributed by atoms with Gasteiger partial charge in [-0.25, -0.2) is 4.98 Å². The Kier molecular flexibility index (Phi) is 4.91. The van der Waals surface area contributed by atoms with E-state index in [0.29, 0.717) is 9.80 Å². The van der Waals surface area contributed by atoms with Crippen molar-refractivity contribution in [2.24, 2.45) is 0 Å². The minimum Gasteiger partial charge on any atom is -0.497 e. The number of carbonyl (C=O) groups excluding carboxylic acids is 1. The van der Waals surface area contributed by atoms with E-state index in [2.05, 4.69) is 25.9 Å². The first-order valence-electron chi connectivity index (χ1n) is 8.06. The maximum Gasteiger partial charge on any atom is 0.296 e. The molecule has 0 N–H and O–H groups in total. The Balaban J connectivity index is 1.75. The molecule has 0 fully saturated rings. The van der Waals surface area contributed by atoms with E-state index >= 15 is 0 Å². The topological polar surface area (TPSA) is 68.5 Å². The van der Waals surface area contributed by atoms with Crippen molar-refractivity contribution in [1.29, 1.82) is 0 Å². The lowest BCUT2D eigenvalue weighted by Gasteiger charge is -2.18. The molecule has 0 unspecified atom stereocenters. The van der Waals surface area contributed by atoms with Crippen LogP contribution in [0.1, 0.15) is 16.2 Å². The number of benzene rings is 1. The van der Waals surface area contributed by atoms with Gasteiger partial charge in [-0.05, 0) is 52.3 Å². The van der Waals surface area contributed by atoms with Crippen LogP contribution in [0.4, 0.5) is 5.13 Å². The van der Waals surface area contributed by atoms with E-state index < -0.39 is 0 Å². The first kappa shape index (κ1) is 17.7. The largest absolute Gasteiger partial charge is 0.497 e. The Labute approximate surface area is 167 Å². The number of halogens is 1. The molecule has 8 heteroatoms. The van der Waals surface area contributed by atoms with Crippen molar-refractivity contribution in [2.45, 2.75) is 6.54 Å². The van der Waals surface area contributed by atoms with Gasteiger partial charge in [0.15, 0.2) is 15.6 Å². The van der Waals surface area contributed by atoms with E-state index in [0.717, 1.165) is 21.7 Å². The van der Waals surface area contributed by atoms with Gasteiger partial charge in [-0.2, -0.15) is 0 Å². The fourth-order valence-electron chi connectivity index (χ4n) is 2.58. The molecule has 4 rings (SSSR count). The zero-order chi connectivity index (χ0) is 18.8. The van der Waals surface area contributed by atoms with Gasteiger partial charge in [-0.3, -0.25) is 14.7 Å². The second-order valence-corrected chi connectivity index (χ2v) is 7.44. The highest BCUT2D eigenvalue weighted by Crippen LogP contribution is 2.33. The molecule has 1 amide bonds. The molecule has 0 radical (unpaired) electrons. The van der Waals surface area contributed by atoms with Gasteiger partial charge in [0.25, 0.3) is 5.91 Å². The molecule has 0 saturated carbocycles. The van der Waals surface area contributed by atoms with Crippen molar-refractivity contribution in [2.75, 3.05) is 12.0 Å². The minimum absolute atomic E-state index is 0.231. The van der Waals surface area contributed by atoms with Crippen molar-refractivity contribution in [3.05, 3.63) is 70.9 Å². The van der Waals surface area contributed by atoms with Crippen molar-refractivity contribution in [3.63, 3.8) is 0 Å². The third-order valence-corrected chi connectivity index (χ3v) is 5.38. The van der Waals surface area contributed by atoms with Crippen LogP contribution in [-0.4, -0.2) is 23.0 Å². The molecule has 0 bridgehead atoms. The molecule has 4 aromatic rings. The number of furan rings is 1. The van der Waals surface area contributed by atoms with Crippen LogP contribution in [0.2, 0.25) is 0 Å². The Morgan fingerprint density at radius 3 is 2.85 bits per heavy atom. The zero-order valence-electron chi connectivity index (χ0n) is 14.3. The smallest absolute Gasteiger partial charge is 0.296 e. The summed E-state index contributed by atoms with van der Waals surface area (Å²) in [5, 5.41) is 0.571. The molecule has 136 valence electrons. The summed E-state index contributed by atoms with van der Waals surface area (Å²) < 4.78 is 12.2. The van der Waals surface area contributed by atoms with E-state index in [1.54, 1.807) is 30.3 Å². The average Bonchev–Trinajstić information content (AvgIpc) is 3.31. The monoisotopic (exact) mass is 443 g/mol. The van der Waals surface area contributed by atoms with Crippen LogP contribution in [0, 0.1) is 0 Å². The molecule has 0 aliphatic rings. The molecule has 3 aromatic heterocycles. The van der Waals surface area contributed by atoms with Crippen LogP contribution in [-0.2, 0) is 6.54 Å². The summed E-state index contributed by atoms with van der Waals surface area (Å²) in [6.07, 6.45) is 1.70. The number of rotatable bonds is 5. The van der Waals surface area contributed by atoms with E-state index in [1.807, 2.05) is 36.4 Å². The SMILES string of the molecule is COc1ccc2sc(N(Cc3ccccn3)C(=O)c3ccc(Br)o3)nc2c1. The maximum atomic E-state index is 13.1. The molecule has 3 heterocycles. The van der Waals surface area contributed by atoms with Crippen molar-refractivity contribution in [3.8, 4) is 5.75 Å². The summed E-state index contributed by atoms with van der Waals surface area (Å²) in [6, 6.07) is 14.6. The number of hydrogen-bond donors (Lipinski definition) is 0. The number of aromatic nitrogens is 2. The molecule has 0 saturated heterocycles. The molecule has 0 atom stereocenters. The number of thiazole rings is 1. The Bertz CT molecular complexity index is 1090. The summed E-state index contributed by atoms with van der Waals surface area (Å²) in [7, 11) is 1.61. The molecule has 0 aliphatic heterocycles. The van der Waals surface area contributed by atoms with E-state index in [9.17, 15) is 4.79 Å². The Morgan fingerprint density at radius 1 is 1.26 bits per heavy atom. The number of nitrogens with zero attached hydrogens (tertiary/aromatic N) is 3. The number of fused-ring (bicyclic) bond motifs is 1.